The van der Waals surface area contributed by atoms with Gasteiger partial charge in [0.2, 0.25) is 0 Å². The molecule has 1 N–H and O–H groups in total. The molecule has 2 aromatic carbocycles. The average molecular weight is 380 g/mol. The molecule has 0 aliphatic rings. The predicted octanol–water partition coefficient (Wildman–Crippen LogP) is 5.56. The Morgan fingerprint density at radius 3 is 2.25 bits per heavy atom. The first-order valence-corrected chi connectivity index (χ1v) is 7.70. The molecule has 2 rings (SSSR count). The summed E-state index contributed by atoms with van der Waals surface area (Å²) in [5.74, 6) is -1.49. The number of nitrogens with one attached hydrogen (secondary N) is 1. The highest BCUT2D eigenvalue weighted by Gasteiger charge is 2.21. The second kappa shape index (κ2) is 8.02. The number of carbonyl (C=O) groups excluding carboxylic acids is 1. The highest BCUT2D eigenvalue weighted by atomic mass is 35.5. The molecule has 0 bridgehead atoms. The summed E-state index contributed by atoms with van der Waals surface area (Å²) in [6.45, 7) is 0. The van der Waals surface area contributed by atoms with E-state index in [0.29, 0.717) is 22.4 Å². The maximum Gasteiger partial charge on any atom is 0.305 e. The Balaban J connectivity index is 2.45. The summed E-state index contributed by atoms with van der Waals surface area (Å²) in [5.41, 5.74) is 1.37. The zero-order chi connectivity index (χ0) is 17.7. The molecule has 0 heterocycles. The van der Waals surface area contributed by atoms with Crippen molar-refractivity contribution >= 4 is 52.6 Å². The van der Waals surface area contributed by atoms with Crippen LogP contribution in [0.2, 0.25) is 15.1 Å². The molecule has 8 heteroatoms. The lowest BCUT2D eigenvalue weighted by molar-refractivity contribution is -0.111. The van der Waals surface area contributed by atoms with Crippen molar-refractivity contribution in [3.63, 3.8) is 0 Å². The SMILES string of the molecule is N#CC(c1ccc(Cl)cc1)c1c(Cl)cc(N=NC(=O)C=N)cc1Cl. The number of benzene rings is 2. The zero-order valence-corrected chi connectivity index (χ0v) is 14.3. The van der Waals surface area contributed by atoms with E-state index in [1.807, 2.05) is 0 Å². The monoisotopic (exact) mass is 378 g/mol. The van der Waals surface area contributed by atoms with Crippen molar-refractivity contribution in [2.24, 2.45) is 10.2 Å². The number of halogens is 3. The number of amides is 1. The fourth-order valence-corrected chi connectivity index (χ4v) is 2.82. The van der Waals surface area contributed by atoms with Gasteiger partial charge in [-0.1, -0.05) is 46.9 Å². The van der Waals surface area contributed by atoms with Crippen LogP contribution < -0.4 is 0 Å². The zero-order valence-electron chi connectivity index (χ0n) is 12.0. The minimum atomic E-state index is -0.803. The van der Waals surface area contributed by atoms with Gasteiger partial charge in [0.05, 0.1) is 23.9 Å². The Hall–Kier alpha value is -2.26. The summed E-state index contributed by atoms with van der Waals surface area (Å²) in [5, 5.41) is 24.2. The summed E-state index contributed by atoms with van der Waals surface area (Å²) in [7, 11) is 0. The second-order valence-corrected chi connectivity index (χ2v) is 5.87. The maximum atomic E-state index is 11.0. The highest BCUT2D eigenvalue weighted by molar-refractivity contribution is 6.36. The lowest BCUT2D eigenvalue weighted by Gasteiger charge is -2.14. The predicted molar refractivity (Wildman–Crippen MR) is 93.7 cm³/mol. The third-order valence-electron chi connectivity index (χ3n) is 3.07. The minimum absolute atomic E-state index is 0.222. The molecular weight excluding hydrogens is 371 g/mol. The number of hydrogen-bond acceptors (Lipinski definition) is 4. The summed E-state index contributed by atoms with van der Waals surface area (Å²) < 4.78 is 0. The number of rotatable bonds is 4. The normalized spacial score (nSPS) is 11.9. The number of nitrogens with zero attached hydrogens (tertiary/aromatic N) is 3. The fraction of sp³-hybridized carbons (Fsp3) is 0.0625. The molecule has 24 heavy (non-hydrogen) atoms. The van der Waals surface area contributed by atoms with Crippen molar-refractivity contribution in [1.82, 2.24) is 0 Å². The third kappa shape index (κ3) is 4.18. The van der Waals surface area contributed by atoms with Gasteiger partial charge in [-0.3, -0.25) is 4.79 Å². The largest absolute Gasteiger partial charge is 0.305 e. The van der Waals surface area contributed by atoms with Crippen molar-refractivity contribution < 1.29 is 4.79 Å². The smallest absolute Gasteiger partial charge is 0.303 e. The Morgan fingerprint density at radius 2 is 1.75 bits per heavy atom. The van der Waals surface area contributed by atoms with E-state index in [-0.39, 0.29) is 15.7 Å². The average Bonchev–Trinajstić information content (AvgIpc) is 2.57. The van der Waals surface area contributed by atoms with E-state index in [1.54, 1.807) is 24.3 Å². The van der Waals surface area contributed by atoms with Crippen LogP contribution in [0.5, 0.6) is 0 Å². The van der Waals surface area contributed by atoms with Gasteiger partial charge in [-0.25, -0.2) is 0 Å². The van der Waals surface area contributed by atoms with E-state index in [0.717, 1.165) is 0 Å². The van der Waals surface area contributed by atoms with E-state index in [9.17, 15) is 10.1 Å². The lowest BCUT2D eigenvalue weighted by atomic mass is 9.92. The van der Waals surface area contributed by atoms with Crippen LogP contribution >= 0.6 is 34.8 Å². The molecule has 1 unspecified atom stereocenters. The molecule has 0 aromatic heterocycles. The number of carbonyl (C=O) groups is 1. The Labute approximate surface area is 153 Å². The molecular formula is C16H9Cl3N4O. The molecule has 2 aromatic rings. The van der Waals surface area contributed by atoms with Crippen LogP contribution in [0.15, 0.2) is 46.6 Å². The quantitative estimate of drug-likeness (QED) is 0.556. The second-order valence-electron chi connectivity index (χ2n) is 4.62. The minimum Gasteiger partial charge on any atom is -0.303 e. The molecule has 0 fully saturated rings. The summed E-state index contributed by atoms with van der Waals surface area (Å²) >= 11 is 18.4. The molecule has 0 saturated heterocycles. The Morgan fingerprint density at radius 1 is 1.17 bits per heavy atom. The summed E-state index contributed by atoms with van der Waals surface area (Å²) in [6, 6.07) is 11.9. The molecule has 0 spiro atoms. The van der Waals surface area contributed by atoms with Gasteiger partial charge >= 0.3 is 5.91 Å². The van der Waals surface area contributed by atoms with Gasteiger partial charge in [0.25, 0.3) is 0 Å². The fourth-order valence-electron chi connectivity index (χ4n) is 2.00. The summed E-state index contributed by atoms with van der Waals surface area (Å²) in [6.07, 6.45) is 0.535. The Bertz CT molecular complexity index is 834. The first kappa shape index (κ1) is 18.1. The first-order chi connectivity index (χ1) is 11.5. The third-order valence-corrected chi connectivity index (χ3v) is 3.95. The Kier molecular flexibility index (Phi) is 6.04. The number of azo groups is 1. The van der Waals surface area contributed by atoms with E-state index in [2.05, 4.69) is 16.3 Å². The molecule has 0 aliphatic carbocycles. The number of nitriles is 1. The van der Waals surface area contributed by atoms with Crippen LogP contribution in [0.3, 0.4) is 0 Å². The van der Waals surface area contributed by atoms with E-state index in [1.165, 1.54) is 12.1 Å². The molecule has 0 aliphatic heterocycles. The van der Waals surface area contributed by atoms with Crippen LogP contribution in [0, 0.1) is 16.7 Å². The van der Waals surface area contributed by atoms with Crippen LogP contribution in [0.4, 0.5) is 5.69 Å². The first-order valence-electron chi connectivity index (χ1n) is 6.56. The van der Waals surface area contributed by atoms with Crippen molar-refractivity contribution in [1.29, 1.82) is 10.7 Å². The van der Waals surface area contributed by atoms with Gasteiger partial charge in [0, 0.05) is 20.6 Å². The van der Waals surface area contributed by atoms with Gasteiger partial charge in [-0.2, -0.15) is 5.26 Å². The molecule has 1 amide bonds. The van der Waals surface area contributed by atoms with Crippen molar-refractivity contribution in [3.05, 3.63) is 62.6 Å². The molecule has 5 nitrogen and oxygen atoms in total. The van der Waals surface area contributed by atoms with Gasteiger partial charge < -0.3 is 5.41 Å². The number of hydrogen-bond donors (Lipinski definition) is 1. The van der Waals surface area contributed by atoms with Gasteiger partial charge in [0.15, 0.2) is 0 Å². The van der Waals surface area contributed by atoms with E-state index >= 15 is 0 Å². The van der Waals surface area contributed by atoms with Gasteiger partial charge in [-0.05, 0) is 29.8 Å². The van der Waals surface area contributed by atoms with Crippen LogP contribution in [0.1, 0.15) is 17.0 Å². The molecule has 120 valence electrons. The van der Waals surface area contributed by atoms with Crippen LogP contribution in [0.25, 0.3) is 0 Å². The standard InChI is InChI=1S/C16H9Cl3N4O/c17-10-3-1-9(2-4-10)12(7-20)16-13(18)5-11(6-14(16)19)22-23-15(24)8-21/h1-6,8,12,21H. The highest BCUT2D eigenvalue weighted by Crippen LogP contribution is 2.38. The molecule has 0 saturated carbocycles. The van der Waals surface area contributed by atoms with Crippen LogP contribution in [-0.2, 0) is 4.79 Å². The van der Waals surface area contributed by atoms with E-state index in [4.69, 9.17) is 40.2 Å². The van der Waals surface area contributed by atoms with E-state index < -0.39 is 11.8 Å². The van der Waals surface area contributed by atoms with Crippen molar-refractivity contribution in [2.45, 2.75) is 5.92 Å². The molecule has 0 radical (unpaired) electrons. The molecule has 1 atom stereocenters. The summed E-state index contributed by atoms with van der Waals surface area (Å²) in [4.78, 5) is 11.0. The van der Waals surface area contributed by atoms with Crippen molar-refractivity contribution in [3.8, 4) is 6.07 Å². The maximum absolute atomic E-state index is 11.0. The lowest BCUT2D eigenvalue weighted by Crippen LogP contribution is -2.00. The van der Waals surface area contributed by atoms with Crippen LogP contribution in [-0.4, -0.2) is 12.1 Å². The topological polar surface area (TPSA) is 89.4 Å². The van der Waals surface area contributed by atoms with Gasteiger partial charge in [0.1, 0.15) is 0 Å². The van der Waals surface area contributed by atoms with Crippen molar-refractivity contribution in [2.75, 3.05) is 0 Å². The van der Waals surface area contributed by atoms with Gasteiger partial charge in [-0.15, -0.1) is 10.2 Å².